The van der Waals surface area contributed by atoms with Gasteiger partial charge in [-0.25, -0.2) is 0 Å². The van der Waals surface area contributed by atoms with Crippen LogP contribution in [0.4, 0.5) is 0 Å². The minimum atomic E-state index is -0.617. The molecule has 178 valence electrons. The van der Waals surface area contributed by atoms with E-state index in [9.17, 15) is 9.59 Å². The first-order chi connectivity index (χ1) is 15.9. The number of hydrogen-bond donors (Lipinski definition) is 1. The summed E-state index contributed by atoms with van der Waals surface area (Å²) in [6.45, 7) is 1.91. The molecule has 1 atom stereocenters. The highest BCUT2D eigenvalue weighted by Gasteiger charge is 2.31. The Kier molecular flexibility index (Phi) is 9.27. The topological polar surface area (TPSA) is 67.9 Å². The Balaban J connectivity index is 1.79. The Bertz CT molecular complexity index is 963. The highest BCUT2D eigenvalue weighted by Crippen LogP contribution is 2.28. The number of hydrogen-bond acceptors (Lipinski definition) is 4. The summed E-state index contributed by atoms with van der Waals surface area (Å²) >= 11 is 12.1. The number of carbonyl (C=O) groups excluding carboxylic acids is 2. The summed E-state index contributed by atoms with van der Waals surface area (Å²) in [6, 6.07) is 11.8. The van der Waals surface area contributed by atoms with Crippen molar-refractivity contribution in [1.29, 1.82) is 0 Å². The van der Waals surface area contributed by atoms with Gasteiger partial charge in [0.25, 0.3) is 5.91 Å². The van der Waals surface area contributed by atoms with Gasteiger partial charge in [0.15, 0.2) is 6.61 Å². The molecule has 1 unspecified atom stereocenters. The Morgan fingerprint density at radius 1 is 1.15 bits per heavy atom. The van der Waals surface area contributed by atoms with Crippen molar-refractivity contribution in [3.8, 4) is 11.5 Å². The van der Waals surface area contributed by atoms with Crippen molar-refractivity contribution >= 4 is 35.0 Å². The fourth-order valence-electron chi connectivity index (χ4n) is 4.07. The number of carbonyl (C=O) groups is 2. The average Bonchev–Trinajstić information content (AvgIpc) is 3.31. The highest BCUT2D eigenvalue weighted by molar-refractivity contribution is 6.35. The number of halogens is 2. The summed E-state index contributed by atoms with van der Waals surface area (Å²) in [4.78, 5) is 28.0. The summed E-state index contributed by atoms with van der Waals surface area (Å²) in [5.74, 6) is 0.606. The number of nitrogens with zero attached hydrogens (tertiary/aromatic N) is 1. The molecule has 1 fully saturated rings. The molecule has 3 rings (SSSR count). The monoisotopic (exact) mass is 492 g/mol. The van der Waals surface area contributed by atoms with E-state index in [0.29, 0.717) is 28.0 Å². The molecule has 0 saturated heterocycles. The van der Waals surface area contributed by atoms with Crippen LogP contribution >= 0.6 is 23.2 Å². The van der Waals surface area contributed by atoms with Crippen LogP contribution in [0, 0.1) is 0 Å². The van der Waals surface area contributed by atoms with Gasteiger partial charge in [0, 0.05) is 17.6 Å². The SMILES string of the molecule is CCC(C(=O)NC1CCCC1)N(Cc1cccc(OC)c1)C(=O)COc1ccc(Cl)cc1Cl. The van der Waals surface area contributed by atoms with E-state index in [-0.39, 0.29) is 31.0 Å². The van der Waals surface area contributed by atoms with Gasteiger partial charge in [0.05, 0.1) is 12.1 Å². The second-order valence-electron chi connectivity index (χ2n) is 8.15. The van der Waals surface area contributed by atoms with E-state index in [1.807, 2.05) is 31.2 Å². The molecule has 0 spiro atoms. The van der Waals surface area contributed by atoms with Crippen LogP contribution in [0.2, 0.25) is 10.0 Å². The van der Waals surface area contributed by atoms with Crippen molar-refractivity contribution in [3.63, 3.8) is 0 Å². The van der Waals surface area contributed by atoms with E-state index in [1.165, 1.54) is 0 Å². The molecule has 2 aromatic rings. The summed E-state index contributed by atoms with van der Waals surface area (Å²) in [6.07, 6.45) is 4.66. The molecule has 1 aliphatic rings. The largest absolute Gasteiger partial charge is 0.497 e. The minimum absolute atomic E-state index is 0.134. The number of ether oxygens (including phenoxy) is 2. The standard InChI is InChI=1S/C25H30Cl2N2O4/c1-3-22(25(31)28-19-8-4-5-9-19)29(15-17-7-6-10-20(13-17)32-2)24(30)16-33-23-12-11-18(26)14-21(23)27/h6-7,10-14,19,22H,3-5,8-9,15-16H2,1-2H3,(H,28,31). The lowest BCUT2D eigenvalue weighted by Gasteiger charge is -2.31. The van der Waals surface area contributed by atoms with Crippen LogP contribution in [0.5, 0.6) is 11.5 Å². The predicted molar refractivity (Wildman–Crippen MR) is 130 cm³/mol. The van der Waals surface area contributed by atoms with E-state index < -0.39 is 6.04 Å². The van der Waals surface area contributed by atoms with Crippen LogP contribution in [-0.2, 0) is 16.1 Å². The highest BCUT2D eigenvalue weighted by atomic mass is 35.5. The molecule has 2 amide bonds. The van der Waals surface area contributed by atoms with Gasteiger partial charge < -0.3 is 19.7 Å². The Labute approximate surface area is 205 Å². The summed E-state index contributed by atoms with van der Waals surface area (Å²) in [5.41, 5.74) is 0.861. The van der Waals surface area contributed by atoms with Crippen molar-refractivity contribution in [2.75, 3.05) is 13.7 Å². The molecule has 0 aliphatic heterocycles. The third-order valence-electron chi connectivity index (χ3n) is 5.82. The summed E-state index contributed by atoms with van der Waals surface area (Å²) in [7, 11) is 1.59. The molecule has 33 heavy (non-hydrogen) atoms. The molecule has 1 N–H and O–H groups in total. The molecule has 0 bridgehead atoms. The first-order valence-corrected chi connectivity index (χ1v) is 12.0. The van der Waals surface area contributed by atoms with Crippen LogP contribution in [0.15, 0.2) is 42.5 Å². The third-order valence-corrected chi connectivity index (χ3v) is 6.35. The number of methoxy groups -OCH3 is 1. The van der Waals surface area contributed by atoms with E-state index in [0.717, 1.165) is 31.2 Å². The number of amides is 2. The van der Waals surface area contributed by atoms with Gasteiger partial charge >= 0.3 is 0 Å². The molecule has 2 aromatic carbocycles. The van der Waals surface area contributed by atoms with Crippen molar-refractivity contribution < 1.29 is 19.1 Å². The zero-order valence-corrected chi connectivity index (χ0v) is 20.5. The zero-order chi connectivity index (χ0) is 23.8. The number of benzene rings is 2. The number of rotatable bonds is 10. The lowest BCUT2D eigenvalue weighted by molar-refractivity contribution is -0.143. The normalized spacial score (nSPS) is 14.5. The fourth-order valence-corrected chi connectivity index (χ4v) is 4.53. The van der Waals surface area contributed by atoms with Crippen molar-refractivity contribution in [2.24, 2.45) is 0 Å². The maximum absolute atomic E-state index is 13.3. The Morgan fingerprint density at radius 3 is 2.58 bits per heavy atom. The first-order valence-electron chi connectivity index (χ1n) is 11.2. The van der Waals surface area contributed by atoms with Gasteiger partial charge in [0.1, 0.15) is 17.5 Å². The lowest BCUT2D eigenvalue weighted by atomic mass is 10.1. The molecular formula is C25H30Cl2N2O4. The molecule has 1 aliphatic carbocycles. The van der Waals surface area contributed by atoms with Crippen LogP contribution < -0.4 is 14.8 Å². The van der Waals surface area contributed by atoms with Crippen molar-refractivity contribution in [2.45, 2.75) is 57.7 Å². The maximum atomic E-state index is 13.3. The Morgan fingerprint density at radius 2 is 1.91 bits per heavy atom. The summed E-state index contributed by atoms with van der Waals surface area (Å²) in [5, 5.41) is 3.93. The van der Waals surface area contributed by atoms with Gasteiger partial charge in [-0.15, -0.1) is 0 Å². The second-order valence-corrected chi connectivity index (χ2v) is 8.99. The predicted octanol–water partition coefficient (Wildman–Crippen LogP) is 5.25. The molecule has 0 heterocycles. The van der Waals surface area contributed by atoms with Crippen molar-refractivity contribution in [3.05, 3.63) is 58.1 Å². The zero-order valence-electron chi connectivity index (χ0n) is 19.0. The minimum Gasteiger partial charge on any atom is -0.497 e. The van der Waals surface area contributed by atoms with Gasteiger partial charge in [-0.1, -0.05) is 55.1 Å². The average molecular weight is 493 g/mol. The van der Waals surface area contributed by atoms with Crippen molar-refractivity contribution in [1.82, 2.24) is 10.2 Å². The first kappa shape index (κ1) is 25.2. The van der Waals surface area contributed by atoms with E-state index >= 15 is 0 Å². The van der Waals surface area contributed by atoms with Crippen LogP contribution in [0.25, 0.3) is 0 Å². The molecule has 6 nitrogen and oxygen atoms in total. The van der Waals surface area contributed by atoms with Crippen LogP contribution in [0.1, 0.15) is 44.6 Å². The van der Waals surface area contributed by atoms with E-state index in [2.05, 4.69) is 5.32 Å². The Hall–Kier alpha value is -2.44. The molecule has 0 radical (unpaired) electrons. The summed E-state index contributed by atoms with van der Waals surface area (Å²) < 4.78 is 11.0. The number of nitrogens with one attached hydrogen (secondary N) is 1. The fraction of sp³-hybridized carbons (Fsp3) is 0.440. The quantitative estimate of drug-likeness (QED) is 0.491. The van der Waals surface area contributed by atoms with Crippen LogP contribution in [0.3, 0.4) is 0 Å². The van der Waals surface area contributed by atoms with E-state index in [1.54, 1.807) is 30.2 Å². The van der Waals surface area contributed by atoms with Gasteiger partial charge in [-0.05, 0) is 55.2 Å². The third kappa shape index (κ3) is 7.02. The maximum Gasteiger partial charge on any atom is 0.261 e. The second kappa shape index (κ2) is 12.1. The molecule has 8 heteroatoms. The lowest BCUT2D eigenvalue weighted by Crippen LogP contribution is -2.52. The smallest absolute Gasteiger partial charge is 0.261 e. The molecular weight excluding hydrogens is 463 g/mol. The van der Waals surface area contributed by atoms with E-state index in [4.69, 9.17) is 32.7 Å². The van der Waals surface area contributed by atoms with Gasteiger partial charge in [0.2, 0.25) is 5.91 Å². The van der Waals surface area contributed by atoms with Gasteiger partial charge in [-0.2, -0.15) is 0 Å². The molecule has 0 aromatic heterocycles. The molecule has 1 saturated carbocycles. The van der Waals surface area contributed by atoms with Gasteiger partial charge in [-0.3, -0.25) is 9.59 Å². The van der Waals surface area contributed by atoms with Crippen LogP contribution in [-0.4, -0.2) is 42.5 Å².